The van der Waals surface area contributed by atoms with E-state index in [2.05, 4.69) is 15.6 Å². The third-order valence-electron chi connectivity index (χ3n) is 4.74. The van der Waals surface area contributed by atoms with E-state index >= 15 is 0 Å². The van der Waals surface area contributed by atoms with Gasteiger partial charge in [-0.2, -0.15) is 0 Å². The molecule has 1 heterocycles. The zero-order chi connectivity index (χ0) is 22.8. The number of carbonyl (C=O) groups excluding carboxylic acids is 2. The summed E-state index contributed by atoms with van der Waals surface area (Å²) in [7, 11) is 1.90. The highest BCUT2D eigenvalue weighted by atomic mass is 16.5. The molecule has 166 valence electrons. The average molecular weight is 433 g/mol. The van der Waals surface area contributed by atoms with Gasteiger partial charge in [0.15, 0.2) is 0 Å². The van der Waals surface area contributed by atoms with E-state index in [1.54, 1.807) is 42.6 Å². The van der Waals surface area contributed by atoms with Crippen LogP contribution in [0.3, 0.4) is 0 Å². The first kappa shape index (κ1) is 23.0. The summed E-state index contributed by atoms with van der Waals surface area (Å²) in [6.45, 7) is 3.52. The predicted octanol–water partition coefficient (Wildman–Crippen LogP) is 3.85. The van der Waals surface area contributed by atoms with Gasteiger partial charge in [-0.3, -0.25) is 19.5 Å². The molecule has 3 rings (SSSR count). The highest BCUT2D eigenvalue weighted by molar-refractivity contribution is 6.04. The van der Waals surface area contributed by atoms with E-state index in [9.17, 15) is 9.59 Å². The number of nitrogens with one attached hydrogen (secondary N) is 2. The van der Waals surface area contributed by atoms with E-state index in [0.717, 1.165) is 24.4 Å². The van der Waals surface area contributed by atoms with E-state index in [1.165, 1.54) is 0 Å². The van der Waals surface area contributed by atoms with Gasteiger partial charge in [0.25, 0.3) is 5.91 Å². The Morgan fingerprint density at radius 1 is 0.938 bits per heavy atom. The average Bonchev–Trinajstić information content (AvgIpc) is 2.80. The minimum atomic E-state index is -0.221. The van der Waals surface area contributed by atoms with Crippen LogP contribution in [0.5, 0.6) is 5.75 Å². The normalized spacial score (nSPS) is 10.6. The van der Waals surface area contributed by atoms with Gasteiger partial charge in [-0.05, 0) is 74.6 Å². The second-order valence-corrected chi connectivity index (χ2v) is 7.35. The monoisotopic (exact) mass is 432 g/mol. The molecule has 0 saturated carbocycles. The summed E-state index contributed by atoms with van der Waals surface area (Å²) in [5.41, 5.74) is 2.83. The zero-order valence-corrected chi connectivity index (χ0v) is 18.4. The minimum Gasteiger partial charge on any atom is -0.494 e. The number of ether oxygens (including phenoxy) is 1. The van der Waals surface area contributed by atoms with Gasteiger partial charge in [0.1, 0.15) is 5.75 Å². The Hall–Kier alpha value is -3.71. The predicted molar refractivity (Wildman–Crippen MR) is 126 cm³/mol. The Bertz CT molecular complexity index is 1010. The lowest BCUT2D eigenvalue weighted by atomic mass is 10.2. The molecule has 0 atom stereocenters. The lowest BCUT2D eigenvalue weighted by molar-refractivity contribution is -0.117. The van der Waals surface area contributed by atoms with E-state index in [-0.39, 0.29) is 18.4 Å². The van der Waals surface area contributed by atoms with Crippen molar-refractivity contribution in [2.45, 2.75) is 13.3 Å². The quantitative estimate of drug-likeness (QED) is 0.509. The summed E-state index contributed by atoms with van der Waals surface area (Å²) in [5.74, 6) is 0.425. The van der Waals surface area contributed by atoms with Gasteiger partial charge in [-0.25, -0.2) is 0 Å². The van der Waals surface area contributed by atoms with Gasteiger partial charge in [0, 0.05) is 41.8 Å². The Balaban J connectivity index is 1.45. The Labute approximate surface area is 188 Å². The van der Waals surface area contributed by atoms with Gasteiger partial charge in [0.2, 0.25) is 5.91 Å². The van der Waals surface area contributed by atoms with Crippen LogP contribution >= 0.6 is 0 Å². The van der Waals surface area contributed by atoms with Crippen LogP contribution in [0.25, 0.3) is 0 Å². The van der Waals surface area contributed by atoms with E-state index in [4.69, 9.17) is 4.74 Å². The standard InChI is InChI=1S/C25H28N4O3/c1-3-32-23-13-11-22(12-14-23)28-25(31)19-7-9-21(10-8-19)27-24(30)18-29(2)17-15-20-6-4-5-16-26-20/h4-14,16H,3,15,17-18H2,1-2H3,(H,27,30)(H,28,31). The molecule has 2 N–H and O–H groups in total. The first-order valence-corrected chi connectivity index (χ1v) is 10.6. The first-order chi connectivity index (χ1) is 15.5. The molecule has 0 aliphatic rings. The fraction of sp³-hybridized carbons (Fsp3) is 0.240. The Morgan fingerprint density at radius 3 is 2.28 bits per heavy atom. The molecular formula is C25H28N4O3. The fourth-order valence-electron chi connectivity index (χ4n) is 3.09. The molecule has 0 saturated heterocycles. The number of aromatic nitrogens is 1. The summed E-state index contributed by atoms with van der Waals surface area (Å²) in [6, 6.07) is 19.8. The number of carbonyl (C=O) groups is 2. The number of amides is 2. The molecular weight excluding hydrogens is 404 g/mol. The maximum absolute atomic E-state index is 12.5. The second-order valence-electron chi connectivity index (χ2n) is 7.35. The van der Waals surface area contributed by atoms with Crippen LogP contribution in [0.2, 0.25) is 0 Å². The van der Waals surface area contributed by atoms with Gasteiger partial charge >= 0.3 is 0 Å². The summed E-state index contributed by atoms with van der Waals surface area (Å²) < 4.78 is 5.40. The number of hydrogen-bond donors (Lipinski definition) is 2. The number of rotatable bonds is 10. The van der Waals surface area contributed by atoms with Crippen molar-refractivity contribution in [3.63, 3.8) is 0 Å². The van der Waals surface area contributed by atoms with Crippen molar-refractivity contribution >= 4 is 23.2 Å². The summed E-state index contributed by atoms with van der Waals surface area (Å²) in [4.78, 5) is 31.0. The zero-order valence-electron chi connectivity index (χ0n) is 18.4. The molecule has 0 aliphatic carbocycles. The minimum absolute atomic E-state index is 0.111. The molecule has 7 heteroatoms. The van der Waals surface area contributed by atoms with Crippen LogP contribution in [0.4, 0.5) is 11.4 Å². The van der Waals surface area contributed by atoms with Crippen LogP contribution in [0.1, 0.15) is 23.0 Å². The highest BCUT2D eigenvalue weighted by Gasteiger charge is 2.10. The maximum Gasteiger partial charge on any atom is 0.255 e. The van der Waals surface area contributed by atoms with Crippen LogP contribution in [0.15, 0.2) is 72.9 Å². The number of anilines is 2. The third kappa shape index (κ3) is 7.21. The molecule has 7 nitrogen and oxygen atoms in total. The number of hydrogen-bond acceptors (Lipinski definition) is 5. The molecule has 2 amide bonds. The van der Waals surface area contributed by atoms with Gasteiger partial charge in [-0.15, -0.1) is 0 Å². The molecule has 3 aromatic rings. The van der Waals surface area contributed by atoms with E-state index in [0.29, 0.717) is 23.5 Å². The van der Waals surface area contributed by atoms with Gasteiger partial charge in [-0.1, -0.05) is 6.07 Å². The van der Waals surface area contributed by atoms with E-state index < -0.39 is 0 Å². The number of nitrogens with zero attached hydrogens (tertiary/aromatic N) is 2. The van der Waals surface area contributed by atoms with Crippen LogP contribution in [-0.4, -0.2) is 48.4 Å². The molecule has 32 heavy (non-hydrogen) atoms. The molecule has 0 aliphatic heterocycles. The lowest BCUT2D eigenvalue weighted by Gasteiger charge is -2.16. The summed E-state index contributed by atoms with van der Waals surface area (Å²) in [5, 5.41) is 5.71. The summed E-state index contributed by atoms with van der Waals surface area (Å²) in [6.07, 6.45) is 2.55. The SMILES string of the molecule is CCOc1ccc(NC(=O)c2ccc(NC(=O)CN(C)CCc3ccccn3)cc2)cc1. The van der Waals surface area contributed by atoms with Crippen LogP contribution < -0.4 is 15.4 Å². The molecule has 0 spiro atoms. The maximum atomic E-state index is 12.5. The Kier molecular flexibility index (Phi) is 8.34. The lowest BCUT2D eigenvalue weighted by Crippen LogP contribution is -2.31. The third-order valence-corrected chi connectivity index (χ3v) is 4.74. The van der Waals surface area contributed by atoms with Crippen molar-refractivity contribution < 1.29 is 14.3 Å². The Morgan fingerprint density at radius 2 is 1.62 bits per heavy atom. The van der Waals surface area contributed by atoms with Crippen LogP contribution in [0, 0.1) is 0 Å². The van der Waals surface area contributed by atoms with Crippen molar-refractivity contribution in [3.05, 3.63) is 84.2 Å². The number of pyridine rings is 1. The van der Waals surface area contributed by atoms with Crippen molar-refractivity contribution in [2.24, 2.45) is 0 Å². The van der Waals surface area contributed by atoms with Gasteiger partial charge in [0.05, 0.1) is 13.2 Å². The van der Waals surface area contributed by atoms with Crippen LogP contribution in [-0.2, 0) is 11.2 Å². The van der Waals surface area contributed by atoms with Crippen molar-refractivity contribution in [2.75, 3.05) is 37.4 Å². The molecule has 1 aromatic heterocycles. The molecule has 0 radical (unpaired) electrons. The van der Waals surface area contributed by atoms with Gasteiger partial charge < -0.3 is 15.4 Å². The van der Waals surface area contributed by atoms with Crippen molar-refractivity contribution in [1.82, 2.24) is 9.88 Å². The number of benzene rings is 2. The first-order valence-electron chi connectivity index (χ1n) is 10.6. The molecule has 0 bridgehead atoms. The largest absolute Gasteiger partial charge is 0.494 e. The molecule has 0 fully saturated rings. The van der Waals surface area contributed by atoms with E-state index in [1.807, 2.05) is 49.2 Å². The smallest absolute Gasteiger partial charge is 0.255 e. The highest BCUT2D eigenvalue weighted by Crippen LogP contribution is 2.17. The van der Waals surface area contributed by atoms with Crippen molar-refractivity contribution in [1.29, 1.82) is 0 Å². The number of likely N-dealkylation sites (N-methyl/N-ethyl adjacent to an activating group) is 1. The second kappa shape index (κ2) is 11.6. The molecule has 2 aromatic carbocycles. The topological polar surface area (TPSA) is 83.6 Å². The molecule has 0 unspecified atom stereocenters. The fourth-order valence-corrected chi connectivity index (χ4v) is 3.09. The van der Waals surface area contributed by atoms with Crippen molar-refractivity contribution in [3.8, 4) is 5.75 Å². The summed E-state index contributed by atoms with van der Waals surface area (Å²) >= 11 is 0.